The molecule has 0 aromatic heterocycles. The number of phenols is 1. The maximum atomic E-state index is 13.5. The van der Waals surface area contributed by atoms with Crippen molar-refractivity contribution in [2.75, 3.05) is 23.5 Å². The van der Waals surface area contributed by atoms with Crippen molar-refractivity contribution in [3.8, 4) is 11.5 Å². The van der Waals surface area contributed by atoms with Crippen molar-refractivity contribution in [3.05, 3.63) is 83.4 Å². The second-order valence-electron chi connectivity index (χ2n) is 8.37. The molecule has 6 nitrogen and oxygen atoms in total. The maximum Gasteiger partial charge on any atom is 0.258 e. The molecule has 1 amide bonds. The van der Waals surface area contributed by atoms with Gasteiger partial charge >= 0.3 is 0 Å². The summed E-state index contributed by atoms with van der Waals surface area (Å²) in [6.45, 7) is 2.69. The van der Waals surface area contributed by atoms with E-state index in [1.165, 1.54) is 18.7 Å². The fraction of sp³-hybridized carbons (Fsp3) is 0.269. The number of carbonyl (C=O) groups is 1. The number of anilines is 2. The lowest BCUT2D eigenvalue weighted by Gasteiger charge is -2.46. The number of aromatic hydroxyl groups is 1. The van der Waals surface area contributed by atoms with E-state index in [4.69, 9.17) is 4.74 Å². The van der Waals surface area contributed by atoms with Gasteiger partial charge in [0.05, 0.1) is 25.3 Å². The third-order valence-electron chi connectivity index (χ3n) is 6.64. The zero-order chi connectivity index (χ0) is 22.4. The molecule has 2 N–H and O–H groups in total. The van der Waals surface area contributed by atoms with Crippen LogP contribution in [0.15, 0.2) is 66.7 Å². The van der Waals surface area contributed by atoms with Crippen LogP contribution < -0.4 is 14.5 Å². The molecule has 3 aromatic carbocycles. The molecule has 2 aliphatic rings. The van der Waals surface area contributed by atoms with Gasteiger partial charge in [0.1, 0.15) is 0 Å². The van der Waals surface area contributed by atoms with Crippen LogP contribution in [0.25, 0.3) is 0 Å². The third-order valence-corrected chi connectivity index (χ3v) is 6.64. The van der Waals surface area contributed by atoms with Gasteiger partial charge in [-0.3, -0.25) is 4.79 Å². The van der Waals surface area contributed by atoms with Crippen molar-refractivity contribution in [1.29, 1.82) is 0 Å². The summed E-state index contributed by atoms with van der Waals surface area (Å²) in [4.78, 5) is 17.4. The van der Waals surface area contributed by atoms with Crippen LogP contribution in [0.1, 0.15) is 34.5 Å². The molecule has 3 unspecified atom stereocenters. The molecule has 6 heteroatoms. The summed E-state index contributed by atoms with van der Waals surface area (Å²) >= 11 is 0. The summed E-state index contributed by atoms with van der Waals surface area (Å²) < 4.78 is 5.10. The Balaban J connectivity index is 1.57. The number of amides is 1. The van der Waals surface area contributed by atoms with Crippen molar-refractivity contribution in [3.63, 3.8) is 0 Å². The van der Waals surface area contributed by atoms with Gasteiger partial charge in [-0.15, -0.1) is 0 Å². The van der Waals surface area contributed by atoms with E-state index in [-0.39, 0.29) is 17.7 Å². The Kier molecular flexibility index (Phi) is 5.02. The number of para-hydroxylation sites is 2. The lowest BCUT2D eigenvalue weighted by atomic mass is 9.87. The molecular weight excluding hydrogens is 404 g/mol. The van der Waals surface area contributed by atoms with E-state index >= 15 is 0 Å². The topological polar surface area (TPSA) is 73.2 Å². The number of rotatable bonds is 3. The first-order chi connectivity index (χ1) is 15.5. The van der Waals surface area contributed by atoms with Gasteiger partial charge in [-0.25, -0.2) is 0 Å². The SMILES string of the molecule is COc1ccc(C(=O)N2c3ccccc3C(N3CCc4ccccc43)C(O)C2C)cc1O. The number of phenolic OH excluding ortho intramolecular Hbond substituents is 1. The fourth-order valence-corrected chi connectivity index (χ4v) is 5.04. The molecule has 2 heterocycles. The Hall–Kier alpha value is -3.51. The third kappa shape index (κ3) is 3.10. The number of carbonyl (C=O) groups excluding carboxylic acids is 1. The Morgan fingerprint density at radius 3 is 2.50 bits per heavy atom. The minimum absolute atomic E-state index is 0.0941. The normalized spacial score (nSPS) is 21.8. The number of ether oxygens (including phenoxy) is 1. The van der Waals surface area contributed by atoms with E-state index in [0.29, 0.717) is 11.3 Å². The van der Waals surface area contributed by atoms with Gasteiger partial charge in [0.2, 0.25) is 0 Å². The van der Waals surface area contributed by atoms with Gasteiger partial charge < -0.3 is 24.7 Å². The molecule has 0 saturated carbocycles. The number of aliphatic hydroxyl groups is 1. The van der Waals surface area contributed by atoms with Crippen LogP contribution in [0.5, 0.6) is 11.5 Å². The highest BCUT2D eigenvalue weighted by Gasteiger charge is 2.44. The summed E-state index contributed by atoms with van der Waals surface area (Å²) in [5, 5.41) is 21.6. The van der Waals surface area contributed by atoms with Crippen LogP contribution in [-0.4, -0.2) is 41.9 Å². The lowest BCUT2D eigenvalue weighted by Crippen LogP contribution is -2.55. The quantitative estimate of drug-likeness (QED) is 0.659. The molecule has 0 fully saturated rings. The number of nitrogens with zero attached hydrogens (tertiary/aromatic N) is 2. The number of benzene rings is 3. The Bertz CT molecular complexity index is 1180. The van der Waals surface area contributed by atoms with Gasteiger partial charge in [-0.2, -0.15) is 0 Å². The molecule has 0 spiro atoms. The van der Waals surface area contributed by atoms with Gasteiger partial charge in [0.25, 0.3) is 5.91 Å². The average Bonchev–Trinajstić information content (AvgIpc) is 3.23. The van der Waals surface area contributed by atoms with Gasteiger partial charge in [-0.05, 0) is 49.2 Å². The second-order valence-corrected chi connectivity index (χ2v) is 8.37. The summed E-state index contributed by atoms with van der Waals surface area (Å²) in [6.07, 6.45) is 0.149. The van der Waals surface area contributed by atoms with E-state index in [2.05, 4.69) is 17.0 Å². The minimum atomic E-state index is -0.785. The predicted molar refractivity (Wildman–Crippen MR) is 124 cm³/mol. The van der Waals surface area contributed by atoms with Crippen LogP contribution in [0.2, 0.25) is 0 Å². The molecule has 5 rings (SSSR count). The Morgan fingerprint density at radius 2 is 1.75 bits per heavy atom. The zero-order valence-electron chi connectivity index (χ0n) is 18.1. The lowest BCUT2D eigenvalue weighted by molar-refractivity contribution is 0.0839. The Labute approximate surface area is 187 Å². The molecule has 2 aliphatic heterocycles. The number of methoxy groups -OCH3 is 1. The maximum absolute atomic E-state index is 13.5. The van der Waals surface area contributed by atoms with Crippen LogP contribution >= 0.6 is 0 Å². The monoisotopic (exact) mass is 430 g/mol. The van der Waals surface area contributed by atoms with E-state index in [9.17, 15) is 15.0 Å². The molecular formula is C26H26N2O4. The van der Waals surface area contributed by atoms with Crippen molar-refractivity contribution in [2.24, 2.45) is 0 Å². The minimum Gasteiger partial charge on any atom is -0.504 e. The van der Waals surface area contributed by atoms with Crippen molar-refractivity contribution < 1.29 is 19.7 Å². The standard InChI is InChI=1S/C26H26N2O4/c1-16-25(30)24(27-14-13-17-7-3-5-9-20(17)27)19-8-4-6-10-21(19)28(16)26(31)18-11-12-23(32-2)22(29)15-18/h3-12,15-16,24-25,29-30H,13-14H2,1-2H3. The van der Waals surface area contributed by atoms with E-state index in [0.717, 1.165) is 29.9 Å². The van der Waals surface area contributed by atoms with E-state index in [1.807, 2.05) is 43.3 Å². The summed E-state index contributed by atoms with van der Waals surface area (Å²) in [5.41, 5.74) is 4.44. The average molecular weight is 431 g/mol. The van der Waals surface area contributed by atoms with Crippen molar-refractivity contribution in [1.82, 2.24) is 0 Å². The molecule has 0 bridgehead atoms. The van der Waals surface area contributed by atoms with Gasteiger partial charge in [0, 0.05) is 29.0 Å². The van der Waals surface area contributed by atoms with Crippen LogP contribution in [0, 0.1) is 0 Å². The molecule has 32 heavy (non-hydrogen) atoms. The first-order valence-corrected chi connectivity index (χ1v) is 10.8. The van der Waals surface area contributed by atoms with Crippen LogP contribution in [0.3, 0.4) is 0 Å². The number of hydrogen-bond acceptors (Lipinski definition) is 5. The summed E-state index contributed by atoms with van der Waals surface area (Å²) in [6, 6.07) is 20.0. The van der Waals surface area contributed by atoms with E-state index in [1.54, 1.807) is 17.0 Å². The largest absolute Gasteiger partial charge is 0.504 e. The predicted octanol–water partition coefficient (Wildman–Crippen LogP) is 3.91. The summed E-state index contributed by atoms with van der Waals surface area (Å²) in [5.74, 6) is -0.0629. The van der Waals surface area contributed by atoms with Crippen molar-refractivity contribution in [2.45, 2.75) is 31.5 Å². The number of hydrogen-bond donors (Lipinski definition) is 2. The first-order valence-electron chi connectivity index (χ1n) is 10.8. The zero-order valence-corrected chi connectivity index (χ0v) is 18.1. The molecule has 3 atom stereocenters. The Morgan fingerprint density at radius 1 is 1.03 bits per heavy atom. The molecule has 0 radical (unpaired) electrons. The molecule has 164 valence electrons. The molecule has 0 saturated heterocycles. The smallest absolute Gasteiger partial charge is 0.258 e. The second kappa shape index (κ2) is 7.88. The molecule has 0 aliphatic carbocycles. The number of fused-ring (bicyclic) bond motifs is 2. The highest BCUT2D eigenvalue weighted by Crippen LogP contribution is 2.45. The summed E-state index contributed by atoms with van der Waals surface area (Å²) in [7, 11) is 1.46. The highest BCUT2D eigenvalue weighted by atomic mass is 16.5. The van der Waals surface area contributed by atoms with Crippen molar-refractivity contribution >= 4 is 17.3 Å². The fourth-order valence-electron chi connectivity index (χ4n) is 5.04. The first kappa shape index (κ1) is 20.4. The number of aliphatic hydroxyl groups excluding tert-OH is 1. The van der Waals surface area contributed by atoms with Crippen LogP contribution in [0.4, 0.5) is 11.4 Å². The van der Waals surface area contributed by atoms with Gasteiger partial charge in [-0.1, -0.05) is 36.4 Å². The van der Waals surface area contributed by atoms with Crippen LogP contribution in [-0.2, 0) is 6.42 Å². The molecule has 3 aromatic rings. The highest BCUT2D eigenvalue weighted by molar-refractivity contribution is 6.07. The van der Waals surface area contributed by atoms with Gasteiger partial charge in [0.15, 0.2) is 11.5 Å². The van der Waals surface area contributed by atoms with E-state index < -0.39 is 12.1 Å².